The first-order chi connectivity index (χ1) is 7.27. The Morgan fingerprint density at radius 2 is 2.00 bits per heavy atom. The second-order valence-corrected chi connectivity index (χ2v) is 5.48. The van der Waals surface area contributed by atoms with Gasteiger partial charge in [-0.3, -0.25) is 4.90 Å². The van der Waals surface area contributed by atoms with Crippen molar-refractivity contribution in [2.45, 2.75) is 45.6 Å². The number of hydrogen-bond acceptors (Lipinski definition) is 2. The molecule has 2 heterocycles. The number of ether oxygens (including phenoxy) is 1. The molecule has 2 heteroatoms. The Bertz CT molecular complexity index is 193. The number of hydrogen-bond donors (Lipinski definition) is 0. The van der Waals surface area contributed by atoms with Crippen molar-refractivity contribution in [3.8, 4) is 0 Å². The van der Waals surface area contributed by atoms with E-state index in [1.54, 1.807) is 0 Å². The largest absolute Gasteiger partial charge is 0.380 e. The Balaban J connectivity index is 1.98. The zero-order valence-electron chi connectivity index (χ0n) is 10.2. The minimum atomic E-state index is 0.816. The average Bonchev–Trinajstić information content (AvgIpc) is 2.50. The number of rotatable bonds is 1. The van der Waals surface area contributed by atoms with Crippen molar-refractivity contribution in [2.24, 2.45) is 11.8 Å². The normalized spacial score (nSPS) is 34.6. The molecule has 2 fully saturated rings. The summed E-state index contributed by atoms with van der Waals surface area (Å²) in [6, 6.07) is 0.816. The third kappa shape index (κ3) is 2.94. The van der Waals surface area contributed by atoms with Gasteiger partial charge < -0.3 is 4.74 Å². The van der Waals surface area contributed by atoms with Crippen LogP contribution in [0.25, 0.3) is 0 Å². The van der Waals surface area contributed by atoms with E-state index in [2.05, 4.69) is 18.7 Å². The van der Waals surface area contributed by atoms with Crippen LogP contribution in [0.2, 0.25) is 0 Å². The van der Waals surface area contributed by atoms with Gasteiger partial charge in [0, 0.05) is 25.7 Å². The van der Waals surface area contributed by atoms with Crippen LogP contribution in [0, 0.1) is 11.8 Å². The summed E-state index contributed by atoms with van der Waals surface area (Å²) < 4.78 is 5.58. The molecule has 0 N–H and O–H groups in total. The molecular formula is C13H25NO. The lowest BCUT2D eigenvalue weighted by atomic mass is 9.91. The molecule has 0 spiro atoms. The fraction of sp³-hybridized carbons (Fsp3) is 1.00. The fourth-order valence-corrected chi connectivity index (χ4v) is 2.99. The monoisotopic (exact) mass is 211 g/mol. The lowest BCUT2D eigenvalue weighted by Crippen LogP contribution is -2.38. The van der Waals surface area contributed by atoms with Gasteiger partial charge in [0.2, 0.25) is 0 Å². The van der Waals surface area contributed by atoms with Crippen molar-refractivity contribution < 1.29 is 4.74 Å². The van der Waals surface area contributed by atoms with Gasteiger partial charge in [0.1, 0.15) is 0 Å². The maximum absolute atomic E-state index is 5.58. The van der Waals surface area contributed by atoms with Crippen LogP contribution in [0.3, 0.4) is 0 Å². The summed E-state index contributed by atoms with van der Waals surface area (Å²) in [5.41, 5.74) is 0. The van der Waals surface area contributed by atoms with Crippen molar-refractivity contribution in [3.05, 3.63) is 0 Å². The summed E-state index contributed by atoms with van der Waals surface area (Å²) in [5, 5.41) is 0. The second-order valence-electron chi connectivity index (χ2n) is 5.48. The highest BCUT2D eigenvalue weighted by Crippen LogP contribution is 2.28. The maximum atomic E-state index is 5.58. The molecule has 0 saturated carbocycles. The number of fused-ring (bicyclic) bond motifs is 1. The van der Waals surface area contributed by atoms with E-state index in [1.165, 1.54) is 32.2 Å². The van der Waals surface area contributed by atoms with Gasteiger partial charge in [-0.05, 0) is 31.1 Å². The van der Waals surface area contributed by atoms with Gasteiger partial charge in [-0.2, -0.15) is 0 Å². The standard InChI is InChI=1S/C13H25NO/c1-11(2)12-4-3-5-13-6-8-15-9-7-14(13)10-12/h11-13H,3-10H2,1-2H3. The molecule has 2 unspecified atom stereocenters. The van der Waals surface area contributed by atoms with Crippen molar-refractivity contribution in [1.82, 2.24) is 4.90 Å². The van der Waals surface area contributed by atoms with Gasteiger partial charge >= 0.3 is 0 Å². The molecule has 0 aromatic heterocycles. The summed E-state index contributed by atoms with van der Waals surface area (Å²) in [4.78, 5) is 2.70. The molecular weight excluding hydrogens is 186 g/mol. The van der Waals surface area contributed by atoms with Gasteiger partial charge in [-0.15, -0.1) is 0 Å². The average molecular weight is 211 g/mol. The predicted molar refractivity (Wildman–Crippen MR) is 63.0 cm³/mol. The first kappa shape index (κ1) is 11.4. The molecule has 0 aromatic carbocycles. The van der Waals surface area contributed by atoms with Gasteiger partial charge in [-0.25, -0.2) is 0 Å². The third-order valence-electron chi connectivity index (χ3n) is 4.16. The van der Waals surface area contributed by atoms with Crippen LogP contribution in [-0.4, -0.2) is 37.2 Å². The Kier molecular flexibility index (Phi) is 4.04. The molecule has 0 bridgehead atoms. The Hall–Kier alpha value is -0.0800. The highest BCUT2D eigenvalue weighted by atomic mass is 16.5. The number of nitrogens with zero attached hydrogens (tertiary/aromatic N) is 1. The molecule has 2 aliphatic rings. The summed E-state index contributed by atoms with van der Waals surface area (Å²) in [5.74, 6) is 1.75. The van der Waals surface area contributed by atoms with E-state index < -0.39 is 0 Å². The van der Waals surface area contributed by atoms with E-state index in [1.807, 2.05) is 0 Å². The maximum Gasteiger partial charge on any atom is 0.0593 e. The molecule has 0 aromatic rings. The third-order valence-corrected chi connectivity index (χ3v) is 4.16. The lowest BCUT2D eigenvalue weighted by molar-refractivity contribution is 0.132. The predicted octanol–water partition coefficient (Wildman–Crippen LogP) is 2.53. The first-order valence-corrected chi connectivity index (χ1v) is 6.59. The van der Waals surface area contributed by atoms with E-state index in [0.29, 0.717) is 0 Å². The van der Waals surface area contributed by atoms with E-state index in [0.717, 1.165) is 37.6 Å². The minimum Gasteiger partial charge on any atom is -0.380 e. The second kappa shape index (κ2) is 5.31. The van der Waals surface area contributed by atoms with Crippen LogP contribution in [-0.2, 0) is 4.74 Å². The quantitative estimate of drug-likeness (QED) is 0.661. The van der Waals surface area contributed by atoms with E-state index in [4.69, 9.17) is 4.74 Å². The minimum absolute atomic E-state index is 0.816. The topological polar surface area (TPSA) is 12.5 Å². The molecule has 2 nitrogen and oxygen atoms in total. The van der Waals surface area contributed by atoms with Crippen LogP contribution in [0.5, 0.6) is 0 Å². The van der Waals surface area contributed by atoms with Crippen LogP contribution in [0.1, 0.15) is 39.5 Å². The fourth-order valence-electron chi connectivity index (χ4n) is 2.99. The zero-order chi connectivity index (χ0) is 10.7. The smallest absolute Gasteiger partial charge is 0.0593 e. The lowest BCUT2D eigenvalue weighted by Gasteiger charge is -2.30. The van der Waals surface area contributed by atoms with E-state index >= 15 is 0 Å². The summed E-state index contributed by atoms with van der Waals surface area (Å²) in [6.07, 6.45) is 5.51. The molecule has 2 rings (SSSR count). The molecule has 2 saturated heterocycles. The Morgan fingerprint density at radius 1 is 1.13 bits per heavy atom. The highest BCUT2D eigenvalue weighted by Gasteiger charge is 2.28. The van der Waals surface area contributed by atoms with Crippen LogP contribution >= 0.6 is 0 Å². The van der Waals surface area contributed by atoms with Gasteiger partial charge in [0.25, 0.3) is 0 Å². The summed E-state index contributed by atoms with van der Waals surface area (Å²) >= 11 is 0. The van der Waals surface area contributed by atoms with Gasteiger partial charge in [0.05, 0.1) is 6.61 Å². The Morgan fingerprint density at radius 3 is 2.80 bits per heavy atom. The van der Waals surface area contributed by atoms with Crippen molar-refractivity contribution in [3.63, 3.8) is 0 Å². The zero-order valence-corrected chi connectivity index (χ0v) is 10.2. The molecule has 88 valence electrons. The Labute approximate surface area is 94.0 Å². The van der Waals surface area contributed by atoms with Gasteiger partial charge in [-0.1, -0.05) is 20.3 Å². The first-order valence-electron chi connectivity index (χ1n) is 6.59. The van der Waals surface area contributed by atoms with Crippen molar-refractivity contribution in [1.29, 1.82) is 0 Å². The highest BCUT2D eigenvalue weighted by molar-refractivity contribution is 4.81. The van der Waals surface area contributed by atoms with Crippen LogP contribution in [0.15, 0.2) is 0 Å². The van der Waals surface area contributed by atoms with E-state index in [-0.39, 0.29) is 0 Å². The molecule has 2 atom stereocenters. The SMILES string of the molecule is CC(C)C1CCCC2CCOCCN2C1. The molecule has 0 radical (unpaired) electrons. The van der Waals surface area contributed by atoms with Gasteiger partial charge in [0.15, 0.2) is 0 Å². The van der Waals surface area contributed by atoms with Crippen LogP contribution in [0.4, 0.5) is 0 Å². The van der Waals surface area contributed by atoms with Crippen molar-refractivity contribution >= 4 is 0 Å². The molecule has 2 aliphatic heterocycles. The molecule has 15 heavy (non-hydrogen) atoms. The van der Waals surface area contributed by atoms with Crippen LogP contribution < -0.4 is 0 Å². The molecule has 0 aliphatic carbocycles. The molecule has 0 amide bonds. The summed E-state index contributed by atoms with van der Waals surface area (Å²) in [6.45, 7) is 9.15. The summed E-state index contributed by atoms with van der Waals surface area (Å²) in [7, 11) is 0. The van der Waals surface area contributed by atoms with E-state index in [9.17, 15) is 0 Å². The van der Waals surface area contributed by atoms with Crippen molar-refractivity contribution in [2.75, 3.05) is 26.3 Å².